The van der Waals surface area contributed by atoms with E-state index < -0.39 is 0 Å². The number of ether oxygens (including phenoxy) is 2. The zero-order chi connectivity index (χ0) is 16.1. The van der Waals surface area contributed by atoms with E-state index in [4.69, 9.17) is 9.47 Å². The number of methoxy groups -OCH3 is 1. The lowest BCUT2D eigenvalue weighted by Crippen LogP contribution is -2.25. The molecular weight excluding hydrogens is 290 g/mol. The van der Waals surface area contributed by atoms with Gasteiger partial charge in [-0.25, -0.2) is 4.79 Å². The van der Waals surface area contributed by atoms with Crippen molar-refractivity contribution in [2.75, 3.05) is 25.2 Å². The first kappa shape index (κ1) is 15.9. The minimum absolute atomic E-state index is 0.196. The molecule has 2 fully saturated rings. The SMILES string of the molecule is COCC1CN(c2ccc(C#CC3CCCCC3)cc2)C(=O)O1. The summed E-state index contributed by atoms with van der Waals surface area (Å²) in [6, 6.07) is 7.81. The van der Waals surface area contributed by atoms with Gasteiger partial charge < -0.3 is 9.47 Å². The lowest BCUT2D eigenvalue weighted by atomic mass is 9.90. The predicted molar refractivity (Wildman–Crippen MR) is 89.4 cm³/mol. The maximum absolute atomic E-state index is 11.9. The Balaban J connectivity index is 1.63. The second-order valence-electron chi connectivity index (χ2n) is 6.22. The Morgan fingerprint density at radius 2 is 1.96 bits per heavy atom. The van der Waals surface area contributed by atoms with Crippen molar-refractivity contribution >= 4 is 11.8 Å². The zero-order valence-electron chi connectivity index (χ0n) is 13.6. The van der Waals surface area contributed by atoms with Crippen LogP contribution in [0.4, 0.5) is 10.5 Å². The van der Waals surface area contributed by atoms with Crippen molar-refractivity contribution < 1.29 is 14.3 Å². The highest BCUT2D eigenvalue weighted by atomic mass is 16.6. The van der Waals surface area contributed by atoms with Crippen LogP contribution in [-0.4, -0.2) is 32.5 Å². The van der Waals surface area contributed by atoms with Crippen LogP contribution in [0.25, 0.3) is 0 Å². The van der Waals surface area contributed by atoms with Crippen molar-refractivity contribution in [1.29, 1.82) is 0 Å². The summed E-state index contributed by atoms with van der Waals surface area (Å²) in [6.07, 6.45) is 5.90. The fourth-order valence-electron chi connectivity index (χ4n) is 3.16. The smallest absolute Gasteiger partial charge is 0.414 e. The highest BCUT2D eigenvalue weighted by Crippen LogP contribution is 2.24. The van der Waals surface area contributed by atoms with E-state index in [1.54, 1.807) is 12.0 Å². The summed E-state index contributed by atoms with van der Waals surface area (Å²) in [7, 11) is 1.61. The molecule has 3 rings (SSSR count). The molecule has 1 saturated carbocycles. The molecule has 1 amide bonds. The van der Waals surface area contributed by atoms with Crippen LogP contribution in [0.3, 0.4) is 0 Å². The molecule has 1 heterocycles. The van der Waals surface area contributed by atoms with E-state index in [0.717, 1.165) is 11.3 Å². The Bertz CT molecular complexity index is 593. The number of nitrogens with zero attached hydrogens (tertiary/aromatic N) is 1. The van der Waals surface area contributed by atoms with Gasteiger partial charge in [-0.1, -0.05) is 31.1 Å². The van der Waals surface area contributed by atoms with E-state index in [2.05, 4.69) is 11.8 Å². The highest BCUT2D eigenvalue weighted by molar-refractivity contribution is 5.89. The van der Waals surface area contributed by atoms with E-state index in [0.29, 0.717) is 19.1 Å². The number of benzene rings is 1. The molecule has 0 N–H and O–H groups in total. The largest absolute Gasteiger partial charge is 0.441 e. The Kier molecular flexibility index (Phi) is 5.19. The third-order valence-corrected chi connectivity index (χ3v) is 4.43. The van der Waals surface area contributed by atoms with Gasteiger partial charge in [0.2, 0.25) is 0 Å². The normalized spacial score (nSPS) is 21.7. The number of amides is 1. The number of carbonyl (C=O) groups excluding carboxylic acids is 1. The van der Waals surface area contributed by atoms with Gasteiger partial charge in [-0.3, -0.25) is 4.90 Å². The van der Waals surface area contributed by atoms with Crippen molar-refractivity contribution in [3.8, 4) is 11.8 Å². The van der Waals surface area contributed by atoms with Gasteiger partial charge in [-0.05, 0) is 37.1 Å². The quantitative estimate of drug-likeness (QED) is 0.801. The highest BCUT2D eigenvalue weighted by Gasteiger charge is 2.32. The number of cyclic esters (lactones) is 1. The Morgan fingerprint density at radius 1 is 1.22 bits per heavy atom. The van der Waals surface area contributed by atoms with E-state index in [1.165, 1.54) is 32.1 Å². The van der Waals surface area contributed by atoms with Crippen molar-refractivity contribution in [2.24, 2.45) is 5.92 Å². The molecule has 0 radical (unpaired) electrons. The third kappa shape index (κ3) is 4.05. The molecule has 1 aliphatic heterocycles. The van der Waals surface area contributed by atoms with Crippen molar-refractivity contribution in [2.45, 2.75) is 38.2 Å². The molecule has 1 atom stereocenters. The van der Waals surface area contributed by atoms with E-state index in [-0.39, 0.29) is 12.2 Å². The van der Waals surface area contributed by atoms with Crippen LogP contribution >= 0.6 is 0 Å². The van der Waals surface area contributed by atoms with Gasteiger partial charge in [0.05, 0.1) is 13.2 Å². The van der Waals surface area contributed by atoms with E-state index in [9.17, 15) is 4.79 Å². The molecule has 122 valence electrons. The molecule has 1 aliphatic carbocycles. The van der Waals surface area contributed by atoms with Crippen LogP contribution in [-0.2, 0) is 9.47 Å². The molecule has 1 unspecified atom stereocenters. The lowest BCUT2D eigenvalue weighted by Gasteiger charge is -2.15. The number of rotatable bonds is 3. The maximum Gasteiger partial charge on any atom is 0.414 e. The first-order chi connectivity index (χ1) is 11.3. The van der Waals surface area contributed by atoms with Crippen molar-refractivity contribution in [1.82, 2.24) is 0 Å². The van der Waals surface area contributed by atoms with Crippen LogP contribution in [0.1, 0.15) is 37.7 Å². The molecular formula is C19H23NO3. The Morgan fingerprint density at radius 3 is 2.65 bits per heavy atom. The first-order valence-corrected chi connectivity index (χ1v) is 8.35. The average molecular weight is 313 g/mol. The summed E-state index contributed by atoms with van der Waals surface area (Å²) >= 11 is 0. The topological polar surface area (TPSA) is 38.8 Å². The molecule has 1 saturated heterocycles. The van der Waals surface area contributed by atoms with Crippen LogP contribution in [0, 0.1) is 17.8 Å². The molecule has 0 bridgehead atoms. The molecule has 1 aromatic rings. The molecule has 0 spiro atoms. The van der Waals surface area contributed by atoms with Gasteiger partial charge in [0.15, 0.2) is 0 Å². The van der Waals surface area contributed by atoms with Crippen molar-refractivity contribution in [3.63, 3.8) is 0 Å². The van der Waals surface area contributed by atoms with E-state index in [1.807, 2.05) is 24.3 Å². The summed E-state index contributed by atoms with van der Waals surface area (Å²) in [5.41, 5.74) is 1.84. The van der Waals surface area contributed by atoms with Gasteiger partial charge in [0.1, 0.15) is 6.10 Å². The number of anilines is 1. The van der Waals surface area contributed by atoms with Crippen LogP contribution < -0.4 is 4.90 Å². The Hall–Kier alpha value is -1.99. The molecule has 23 heavy (non-hydrogen) atoms. The fraction of sp³-hybridized carbons (Fsp3) is 0.526. The van der Waals surface area contributed by atoms with Crippen LogP contribution in [0.2, 0.25) is 0 Å². The fourth-order valence-corrected chi connectivity index (χ4v) is 3.16. The second-order valence-corrected chi connectivity index (χ2v) is 6.22. The second kappa shape index (κ2) is 7.52. The summed E-state index contributed by atoms with van der Waals surface area (Å²) < 4.78 is 10.3. The molecule has 4 heteroatoms. The monoisotopic (exact) mass is 313 g/mol. The maximum atomic E-state index is 11.9. The summed E-state index contributed by atoms with van der Waals surface area (Å²) in [5.74, 6) is 7.20. The van der Waals surface area contributed by atoms with Gasteiger partial charge >= 0.3 is 6.09 Å². The van der Waals surface area contributed by atoms with Crippen LogP contribution in [0.15, 0.2) is 24.3 Å². The lowest BCUT2D eigenvalue weighted by molar-refractivity contribution is 0.0718. The minimum atomic E-state index is -0.312. The molecule has 1 aromatic carbocycles. The zero-order valence-corrected chi connectivity index (χ0v) is 13.6. The number of hydrogen-bond acceptors (Lipinski definition) is 3. The molecule has 0 aromatic heterocycles. The summed E-state index contributed by atoms with van der Waals surface area (Å²) in [5, 5.41) is 0. The van der Waals surface area contributed by atoms with Gasteiger partial charge in [-0.15, -0.1) is 0 Å². The van der Waals surface area contributed by atoms with Gasteiger partial charge in [-0.2, -0.15) is 0 Å². The standard InChI is InChI=1S/C19H23NO3/c1-22-14-18-13-20(19(21)23-18)17-11-9-16(10-12-17)8-7-15-5-3-2-4-6-15/h9-12,15,18H,2-6,13-14H2,1H3. The average Bonchev–Trinajstić information content (AvgIpc) is 2.95. The van der Waals surface area contributed by atoms with Crippen LogP contribution in [0.5, 0.6) is 0 Å². The number of carbonyl (C=O) groups is 1. The van der Waals surface area contributed by atoms with Gasteiger partial charge in [0.25, 0.3) is 0 Å². The molecule has 4 nitrogen and oxygen atoms in total. The summed E-state index contributed by atoms with van der Waals surface area (Å²) in [6.45, 7) is 0.951. The third-order valence-electron chi connectivity index (χ3n) is 4.43. The first-order valence-electron chi connectivity index (χ1n) is 8.35. The summed E-state index contributed by atoms with van der Waals surface area (Å²) in [4.78, 5) is 13.5. The minimum Gasteiger partial charge on any atom is -0.441 e. The molecule has 2 aliphatic rings. The van der Waals surface area contributed by atoms with E-state index >= 15 is 0 Å². The van der Waals surface area contributed by atoms with Gasteiger partial charge in [0, 0.05) is 24.3 Å². The predicted octanol–water partition coefficient (Wildman–Crippen LogP) is 3.59. The van der Waals surface area contributed by atoms with Crippen molar-refractivity contribution in [3.05, 3.63) is 29.8 Å². The number of hydrogen-bond donors (Lipinski definition) is 0. The Labute approximate surface area is 137 Å².